The molecule has 3 aromatic rings. The third-order valence-electron chi connectivity index (χ3n) is 4.83. The lowest BCUT2D eigenvalue weighted by molar-refractivity contribution is -0.116. The first-order valence-electron chi connectivity index (χ1n) is 9.59. The highest BCUT2D eigenvalue weighted by Crippen LogP contribution is 2.17. The van der Waals surface area contributed by atoms with Crippen molar-refractivity contribution in [2.75, 3.05) is 5.32 Å². The molecule has 0 bridgehead atoms. The van der Waals surface area contributed by atoms with E-state index >= 15 is 0 Å². The standard InChI is InChI=1S/C24H22N4O2/c1-16-21(17(2)27-24(30)22(16)15-25)11-12-23(29)28-20-8-5-6-18(14-20)9-10-19-7-3-4-13-26-19/h3-10,13-14H,11-12H2,1-2H3,(H,27,30)(H,28,29). The maximum Gasteiger partial charge on any atom is 0.266 e. The smallest absolute Gasteiger partial charge is 0.266 e. The van der Waals surface area contributed by atoms with E-state index in [4.69, 9.17) is 0 Å². The van der Waals surface area contributed by atoms with Crippen LogP contribution in [0.4, 0.5) is 5.69 Å². The van der Waals surface area contributed by atoms with E-state index < -0.39 is 5.56 Å². The third-order valence-corrected chi connectivity index (χ3v) is 4.83. The van der Waals surface area contributed by atoms with Crippen molar-refractivity contribution in [3.05, 3.63) is 92.7 Å². The average molecular weight is 398 g/mol. The van der Waals surface area contributed by atoms with E-state index in [1.807, 2.05) is 60.7 Å². The topological polar surface area (TPSA) is 98.6 Å². The fraction of sp³-hybridized carbons (Fsp3) is 0.167. The van der Waals surface area contributed by atoms with Gasteiger partial charge in [0.15, 0.2) is 0 Å². The fourth-order valence-electron chi connectivity index (χ4n) is 3.26. The van der Waals surface area contributed by atoms with Gasteiger partial charge in [-0.1, -0.05) is 24.3 Å². The monoisotopic (exact) mass is 398 g/mol. The number of nitrogens with zero attached hydrogens (tertiary/aromatic N) is 2. The number of nitriles is 1. The van der Waals surface area contributed by atoms with Crippen molar-refractivity contribution in [3.8, 4) is 6.07 Å². The molecule has 0 fully saturated rings. The van der Waals surface area contributed by atoms with Gasteiger partial charge in [-0.05, 0) is 67.3 Å². The molecule has 3 rings (SSSR count). The predicted molar refractivity (Wildman–Crippen MR) is 118 cm³/mol. The fourth-order valence-corrected chi connectivity index (χ4v) is 3.26. The summed E-state index contributed by atoms with van der Waals surface area (Å²) in [5, 5.41) is 12.1. The minimum atomic E-state index is -0.392. The number of H-pyrrole nitrogens is 1. The van der Waals surface area contributed by atoms with Gasteiger partial charge >= 0.3 is 0 Å². The Balaban J connectivity index is 1.66. The molecule has 1 amide bonds. The quantitative estimate of drug-likeness (QED) is 0.656. The first-order chi connectivity index (χ1) is 14.5. The second-order valence-corrected chi connectivity index (χ2v) is 6.93. The summed E-state index contributed by atoms with van der Waals surface area (Å²) >= 11 is 0. The summed E-state index contributed by atoms with van der Waals surface area (Å²) in [7, 11) is 0. The second kappa shape index (κ2) is 9.48. The van der Waals surface area contributed by atoms with Crippen LogP contribution >= 0.6 is 0 Å². The number of pyridine rings is 2. The van der Waals surface area contributed by atoms with Gasteiger partial charge in [0, 0.05) is 24.0 Å². The highest BCUT2D eigenvalue weighted by molar-refractivity contribution is 5.91. The highest BCUT2D eigenvalue weighted by Gasteiger charge is 2.13. The van der Waals surface area contributed by atoms with Gasteiger partial charge in [-0.15, -0.1) is 0 Å². The van der Waals surface area contributed by atoms with Crippen LogP contribution in [0, 0.1) is 25.2 Å². The number of hydrogen-bond acceptors (Lipinski definition) is 4. The van der Waals surface area contributed by atoms with Crippen molar-refractivity contribution in [1.82, 2.24) is 9.97 Å². The summed E-state index contributed by atoms with van der Waals surface area (Å²) in [4.78, 5) is 31.2. The highest BCUT2D eigenvalue weighted by atomic mass is 16.1. The molecule has 2 heterocycles. The van der Waals surface area contributed by atoms with E-state index in [1.165, 1.54) is 0 Å². The molecule has 30 heavy (non-hydrogen) atoms. The average Bonchev–Trinajstić information content (AvgIpc) is 2.73. The maximum atomic E-state index is 12.4. The number of hydrogen-bond donors (Lipinski definition) is 2. The molecule has 0 unspecified atom stereocenters. The van der Waals surface area contributed by atoms with Crippen molar-refractivity contribution in [2.45, 2.75) is 26.7 Å². The van der Waals surface area contributed by atoms with Crippen LogP contribution in [-0.4, -0.2) is 15.9 Å². The first kappa shape index (κ1) is 20.7. The lowest BCUT2D eigenvalue weighted by Gasteiger charge is -2.11. The predicted octanol–water partition coefficient (Wildman–Crippen LogP) is 4.00. The van der Waals surface area contributed by atoms with E-state index in [0.717, 1.165) is 16.8 Å². The van der Waals surface area contributed by atoms with Crippen LogP contribution in [0.25, 0.3) is 12.2 Å². The number of aromatic amines is 1. The molecule has 0 atom stereocenters. The molecule has 0 radical (unpaired) electrons. The Hall–Kier alpha value is -3.98. The zero-order valence-electron chi connectivity index (χ0n) is 16.9. The molecule has 0 aliphatic carbocycles. The Labute approximate surface area is 174 Å². The Morgan fingerprint density at radius 3 is 2.77 bits per heavy atom. The zero-order valence-corrected chi connectivity index (χ0v) is 16.9. The van der Waals surface area contributed by atoms with Gasteiger partial charge in [0.2, 0.25) is 5.91 Å². The number of aromatic nitrogens is 2. The van der Waals surface area contributed by atoms with Crippen LogP contribution in [0.5, 0.6) is 0 Å². The van der Waals surface area contributed by atoms with E-state index in [0.29, 0.717) is 23.4 Å². The zero-order chi connectivity index (χ0) is 21.5. The largest absolute Gasteiger partial charge is 0.326 e. The van der Waals surface area contributed by atoms with Crippen LogP contribution in [0.1, 0.15) is 40.1 Å². The van der Waals surface area contributed by atoms with Crippen LogP contribution in [0.2, 0.25) is 0 Å². The molecule has 0 saturated carbocycles. The van der Waals surface area contributed by atoms with Crippen LogP contribution < -0.4 is 10.9 Å². The van der Waals surface area contributed by atoms with E-state index in [2.05, 4.69) is 15.3 Å². The molecule has 0 saturated heterocycles. The Morgan fingerprint density at radius 1 is 1.20 bits per heavy atom. The summed E-state index contributed by atoms with van der Waals surface area (Å²) in [5.74, 6) is -0.135. The van der Waals surface area contributed by atoms with E-state index in [9.17, 15) is 14.9 Å². The summed E-state index contributed by atoms with van der Waals surface area (Å²) in [6.07, 6.45) is 6.27. The summed E-state index contributed by atoms with van der Waals surface area (Å²) in [6.45, 7) is 3.52. The molecule has 0 spiro atoms. The lowest BCUT2D eigenvalue weighted by Crippen LogP contribution is -2.18. The van der Waals surface area contributed by atoms with E-state index in [-0.39, 0.29) is 17.9 Å². The summed E-state index contributed by atoms with van der Waals surface area (Å²) in [5.41, 5.74) is 4.36. The molecule has 150 valence electrons. The number of amides is 1. The molecule has 1 aromatic carbocycles. The summed E-state index contributed by atoms with van der Waals surface area (Å²) < 4.78 is 0. The van der Waals surface area contributed by atoms with Crippen molar-refractivity contribution in [1.29, 1.82) is 5.26 Å². The number of benzene rings is 1. The molecule has 0 aliphatic rings. The molecule has 2 aromatic heterocycles. The molecule has 0 aliphatic heterocycles. The number of aryl methyl sites for hydroxylation is 1. The van der Waals surface area contributed by atoms with Gasteiger partial charge < -0.3 is 10.3 Å². The van der Waals surface area contributed by atoms with Crippen molar-refractivity contribution in [2.24, 2.45) is 0 Å². The van der Waals surface area contributed by atoms with Gasteiger partial charge in [0.05, 0.1) is 5.69 Å². The normalized spacial score (nSPS) is 10.7. The maximum absolute atomic E-state index is 12.4. The molecule has 2 N–H and O–H groups in total. The third kappa shape index (κ3) is 5.09. The Bertz CT molecular complexity index is 1190. The molecule has 6 nitrogen and oxygen atoms in total. The Kier molecular flexibility index (Phi) is 6.56. The molecular formula is C24H22N4O2. The van der Waals surface area contributed by atoms with Crippen molar-refractivity contribution in [3.63, 3.8) is 0 Å². The number of carbonyl (C=O) groups excluding carboxylic acids is 1. The van der Waals surface area contributed by atoms with Gasteiger partial charge in [0.1, 0.15) is 11.6 Å². The second-order valence-electron chi connectivity index (χ2n) is 6.93. The van der Waals surface area contributed by atoms with Crippen molar-refractivity contribution < 1.29 is 4.79 Å². The van der Waals surface area contributed by atoms with Gasteiger partial charge in [-0.25, -0.2) is 0 Å². The first-order valence-corrected chi connectivity index (χ1v) is 9.59. The summed E-state index contributed by atoms with van der Waals surface area (Å²) in [6, 6.07) is 15.2. The minimum Gasteiger partial charge on any atom is -0.326 e. The number of nitrogens with one attached hydrogen (secondary N) is 2. The number of anilines is 1. The minimum absolute atomic E-state index is 0.100. The van der Waals surface area contributed by atoms with Gasteiger partial charge in [-0.2, -0.15) is 5.26 Å². The van der Waals surface area contributed by atoms with Crippen LogP contribution in [-0.2, 0) is 11.2 Å². The number of rotatable bonds is 6. The van der Waals surface area contributed by atoms with Crippen LogP contribution in [0.3, 0.4) is 0 Å². The van der Waals surface area contributed by atoms with Gasteiger partial charge in [0.25, 0.3) is 5.56 Å². The Morgan fingerprint density at radius 2 is 2.03 bits per heavy atom. The SMILES string of the molecule is Cc1[nH]c(=O)c(C#N)c(C)c1CCC(=O)Nc1cccc(C=Cc2ccccn2)c1. The molecule has 6 heteroatoms. The van der Waals surface area contributed by atoms with E-state index in [1.54, 1.807) is 20.0 Å². The van der Waals surface area contributed by atoms with Crippen molar-refractivity contribution >= 4 is 23.7 Å². The van der Waals surface area contributed by atoms with Crippen LogP contribution in [0.15, 0.2) is 53.5 Å². The lowest BCUT2D eigenvalue weighted by atomic mass is 9.99. The molecular weight excluding hydrogens is 376 g/mol. The number of carbonyl (C=O) groups is 1. The van der Waals surface area contributed by atoms with Gasteiger partial charge in [-0.3, -0.25) is 14.6 Å².